The van der Waals surface area contributed by atoms with Crippen molar-refractivity contribution >= 4 is 0 Å². The minimum atomic E-state index is -5.62. The Hall–Kier alpha value is -0.500. The molecule has 0 amide bonds. The van der Waals surface area contributed by atoms with Gasteiger partial charge in [-0.2, -0.15) is 13.2 Å². The number of aliphatic hydroxyl groups excluding tert-OH is 1. The monoisotopic (exact) mass is 226 g/mol. The van der Waals surface area contributed by atoms with E-state index < -0.39 is 38.1 Å². The van der Waals surface area contributed by atoms with Crippen molar-refractivity contribution < 1.29 is 36.2 Å². The topological polar surface area (TPSA) is 29.5 Å². The predicted molar refractivity (Wildman–Crippen MR) is 33.8 cm³/mol. The lowest BCUT2D eigenvalue weighted by atomic mass is 10.2. The first kappa shape index (κ1) is 13.5. The maximum absolute atomic E-state index is 12.3. The molecule has 0 aliphatic carbocycles. The van der Waals surface area contributed by atoms with Crippen molar-refractivity contribution in [2.24, 2.45) is 0 Å². The Labute approximate surface area is 75.5 Å². The van der Waals surface area contributed by atoms with Gasteiger partial charge in [-0.25, -0.2) is 13.2 Å². The lowest BCUT2D eigenvalue weighted by Crippen LogP contribution is -2.44. The number of rotatable bonds is 5. The molecule has 0 aromatic carbocycles. The Morgan fingerprint density at radius 2 is 1.64 bits per heavy atom. The highest BCUT2D eigenvalue weighted by Crippen LogP contribution is 2.34. The van der Waals surface area contributed by atoms with Gasteiger partial charge in [-0.1, -0.05) is 0 Å². The van der Waals surface area contributed by atoms with E-state index in [0.717, 1.165) is 0 Å². The number of aliphatic hydroxyl groups is 1. The van der Waals surface area contributed by atoms with Crippen molar-refractivity contribution in [1.82, 2.24) is 0 Å². The molecule has 0 fully saturated rings. The highest BCUT2D eigenvalue weighted by atomic mass is 19.4. The van der Waals surface area contributed by atoms with Crippen LogP contribution in [0.15, 0.2) is 0 Å². The van der Waals surface area contributed by atoms with E-state index in [1.165, 1.54) is 0 Å². The maximum atomic E-state index is 12.3. The molecule has 14 heavy (non-hydrogen) atoms. The molecule has 0 aliphatic rings. The molecule has 1 atom stereocenters. The van der Waals surface area contributed by atoms with Gasteiger partial charge in [0.2, 0.25) is 0 Å². The highest BCUT2D eigenvalue weighted by Gasteiger charge is 2.56. The highest BCUT2D eigenvalue weighted by molar-refractivity contribution is 4.82. The summed E-state index contributed by atoms with van der Waals surface area (Å²) >= 11 is 0. The fourth-order valence-corrected chi connectivity index (χ4v) is 0.585. The minimum Gasteiger partial charge on any atom is -0.394 e. The number of hydrogen-bond acceptors (Lipinski definition) is 2. The quantitative estimate of drug-likeness (QED) is 0.569. The zero-order valence-corrected chi connectivity index (χ0v) is 6.82. The molecular formula is C6H8F6O2. The number of halogens is 6. The van der Waals surface area contributed by atoms with Gasteiger partial charge in [0.05, 0.1) is 13.2 Å². The van der Waals surface area contributed by atoms with Crippen molar-refractivity contribution in [3.8, 4) is 0 Å². The first-order chi connectivity index (χ1) is 6.22. The van der Waals surface area contributed by atoms with Crippen molar-refractivity contribution in [3.63, 3.8) is 0 Å². The van der Waals surface area contributed by atoms with Crippen LogP contribution in [0.5, 0.6) is 0 Å². The Bertz CT molecular complexity index is 168. The molecule has 0 aromatic rings. The lowest BCUT2D eigenvalue weighted by molar-refractivity contribution is -0.255. The molecule has 0 saturated heterocycles. The summed E-state index contributed by atoms with van der Waals surface area (Å²) in [5, 5.41) is 8.08. The van der Waals surface area contributed by atoms with Gasteiger partial charge >= 0.3 is 12.1 Å². The summed E-state index contributed by atoms with van der Waals surface area (Å²) in [6.45, 7) is -2.91. The Kier molecular flexibility index (Phi) is 4.66. The molecule has 0 aliphatic heterocycles. The van der Waals surface area contributed by atoms with Gasteiger partial charge < -0.3 is 9.84 Å². The zero-order valence-electron chi connectivity index (χ0n) is 6.82. The fraction of sp³-hybridized carbons (Fsp3) is 1.00. The lowest BCUT2D eigenvalue weighted by Gasteiger charge is -2.22. The third kappa shape index (κ3) is 4.14. The van der Waals surface area contributed by atoms with Gasteiger partial charge in [0, 0.05) is 0 Å². The van der Waals surface area contributed by atoms with E-state index in [1.807, 2.05) is 0 Å². The third-order valence-corrected chi connectivity index (χ3v) is 1.19. The van der Waals surface area contributed by atoms with Gasteiger partial charge in [-0.15, -0.1) is 0 Å². The normalized spacial score (nSPS) is 15.6. The first-order valence-electron chi connectivity index (χ1n) is 3.49. The molecule has 2 nitrogen and oxygen atoms in total. The minimum absolute atomic E-state index is 0.569. The van der Waals surface area contributed by atoms with Gasteiger partial charge in [-0.05, 0) is 0 Å². The summed E-state index contributed by atoms with van der Waals surface area (Å²) in [5.74, 6) is -4.63. The van der Waals surface area contributed by atoms with Crippen LogP contribution >= 0.6 is 0 Å². The van der Waals surface area contributed by atoms with Crippen LogP contribution in [0.1, 0.15) is 0 Å². The molecule has 0 saturated carbocycles. The summed E-state index contributed by atoms with van der Waals surface area (Å²) < 4.78 is 75.2. The second kappa shape index (κ2) is 4.83. The van der Waals surface area contributed by atoms with E-state index in [0.29, 0.717) is 0 Å². The second-order valence-electron chi connectivity index (χ2n) is 2.44. The Balaban J connectivity index is 4.16. The average Bonchev–Trinajstić information content (AvgIpc) is 2.01. The Morgan fingerprint density at radius 3 is 2.00 bits per heavy atom. The molecular weight excluding hydrogens is 218 g/mol. The van der Waals surface area contributed by atoms with Crippen LogP contribution in [0.4, 0.5) is 26.3 Å². The van der Waals surface area contributed by atoms with Gasteiger partial charge in [-0.3, -0.25) is 0 Å². The van der Waals surface area contributed by atoms with Crippen molar-refractivity contribution in [3.05, 3.63) is 0 Å². The molecule has 0 bridgehead atoms. The van der Waals surface area contributed by atoms with Crippen LogP contribution < -0.4 is 0 Å². The number of hydrogen-bond donors (Lipinski definition) is 1. The van der Waals surface area contributed by atoms with E-state index in [4.69, 9.17) is 5.11 Å². The van der Waals surface area contributed by atoms with Crippen molar-refractivity contribution in [2.45, 2.75) is 18.3 Å². The van der Waals surface area contributed by atoms with Crippen LogP contribution in [0, 0.1) is 0 Å². The predicted octanol–water partition coefficient (Wildman–Crippen LogP) is 1.53. The smallest absolute Gasteiger partial charge is 0.394 e. The Morgan fingerprint density at radius 1 is 1.14 bits per heavy atom. The van der Waals surface area contributed by atoms with Gasteiger partial charge in [0.15, 0.2) is 0 Å². The fourth-order valence-electron chi connectivity index (χ4n) is 0.585. The van der Waals surface area contributed by atoms with E-state index in [1.54, 1.807) is 0 Å². The molecule has 8 heteroatoms. The molecule has 0 rings (SSSR count). The second-order valence-corrected chi connectivity index (χ2v) is 2.44. The van der Waals surface area contributed by atoms with Gasteiger partial charge in [0.1, 0.15) is 6.61 Å². The zero-order chi connectivity index (χ0) is 11.4. The number of alkyl halides is 6. The van der Waals surface area contributed by atoms with Crippen LogP contribution in [0.3, 0.4) is 0 Å². The van der Waals surface area contributed by atoms with E-state index in [9.17, 15) is 26.3 Å². The maximum Gasteiger partial charge on any atom is 0.425 e. The van der Waals surface area contributed by atoms with Crippen LogP contribution in [0.2, 0.25) is 0 Å². The summed E-state index contributed by atoms with van der Waals surface area (Å²) in [4.78, 5) is 0. The van der Waals surface area contributed by atoms with Crippen LogP contribution in [-0.4, -0.2) is 43.2 Å². The standard InChI is InChI=1S/C6H8F6O2/c7-4(6(10,11)12)5(8,9)3-14-2-1-13/h4,13H,1-3H2. The van der Waals surface area contributed by atoms with Crippen molar-refractivity contribution in [1.29, 1.82) is 0 Å². The summed E-state index contributed by atoms with van der Waals surface area (Å²) in [5.41, 5.74) is 0. The van der Waals surface area contributed by atoms with Gasteiger partial charge in [0.25, 0.3) is 6.17 Å². The molecule has 0 radical (unpaired) electrons. The van der Waals surface area contributed by atoms with E-state index in [-0.39, 0.29) is 0 Å². The molecule has 86 valence electrons. The molecule has 0 spiro atoms. The largest absolute Gasteiger partial charge is 0.425 e. The van der Waals surface area contributed by atoms with E-state index >= 15 is 0 Å². The molecule has 0 heterocycles. The summed E-state index contributed by atoms with van der Waals surface area (Å²) in [7, 11) is 0. The third-order valence-electron chi connectivity index (χ3n) is 1.19. The van der Waals surface area contributed by atoms with Crippen LogP contribution in [-0.2, 0) is 4.74 Å². The molecule has 1 unspecified atom stereocenters. The average molecular weight is 226 g/mol. The molecule has 1 N–H and O–H groups in total. The van der Waals surface area contributed by atoms with Crippen LogP contribution in [0.25, 0.3) is 0 Å². The number of ether oxygens (including phenoxy) is 1. The van der Waals surface area contributed by atoms with Crippen molar-refractivity contribution in [2.75, 3.05) is 19.8 Å². The first-order valence-corrected chi connectivity index (χ1v) is 3.49. The molecule has 0 aromatic heterocycles. The van der Waals surface area contributed by atoms with E-state index in [2.05, 4.69) is 4.74 Å². The summed E-state index contributed by atoms with van der Waals surface area (Å²) in [6, 6.07) is 0. The SMILES string of the molecule is OCCOCC(F)(F)C(F)C(F)(F)F. The summed E-state index contributed by atoms with van der Waals surface area (Å²) in [6.07, 6.45) is -9.87.